The first-order chi connectivity index (χ1) is 13.5. The first-order valence-electron chi connectivity index (χ1n) is 13.5. The van der Waals surface area contributed by atoms with Gasteiger partial charge in [0, 0.05) is 0 Å². The first-order valence-corrected chi connectivity index (χ1v) is 13.5. The maximum absolute atomic E-state index is 2.81. The lowest BCUT2D eigenvalue weighted by atomic mass is 9.43. The summed E-state index contributed by atoms with van der Waals surface area (Å²) in [5, 5.41) is 0. The molecule has 0 amide bonds. The number of rotatable bonds is 7. The Morgan fingerprint density at radius 3 is 2.29 bits per heavy atom. The van der Waals surface area contributed by atoms with Gasteiger partial charge < -0.3 is 0 Å². The molecule has 0 heteroatoms. The van der Waals surface area contributed by atoms with Gasteiger partial charge in [-0.2, -0.15) is 0 Å². The number of fused-ring (bicyclic) bond motifs is 4. The second kappa shape index (κ2) is 6.03. The van der Waals surface area contributed by atoms with Crippen molar-refractivity contribution in [3.05, 3.63) is 0 Å². The maximum Gasteiger partial charge on any atom is -0.0134 e. The topological polar surface area (TPSA) is 0 Å². The lowest BCUT2D eigenvalue weighted by Gasteiger charge is -2.61. The van der Waals surface area contributed by atoms with E-state index in [0.717, 1.165) is 51.8 Å². The zero-order valence-corrected chi connectivity index (χ0v) is 19.3. The molecule has 6 rings (SSSR count). The Kier molecular flexibility index (Phi) is 4.04. The fourth-order valence-corrected chi connectivity index (χ4v) is 11.1. The summed E-state index contributed by atoms with van der Waals surface area (Å²) in [5.41, 5.74) is 2.43. The molecule has 0 aromatic carbocycles. The van der Waals surface area contributed by atoms with Crippen LogP contribution in [0, 0.1) is 63.6 Å². The van der Waals surface area contributed by atoms with Gasteiger partial charge in [-0.3, -0.25) is 0 Å². The van der Waals surface area contributed by atoms with E-state index in [0.29, 0.717) is 0 Å². The van der Waals surface area contributed by atoms with Gasteiger partial charge in [-0.05, 0) is 82.9 Å². The van der Waals surface area contributed by atoms with Gasteiger partial charge >= 0.3 is 0 Å². The molecule has 0 heterocycles. The molecule has 11 atom stereocenters. The molecule has 0 nitrogen and oxygen atoms in total. The van der Waals surface area contributed by atoms with Crippen molar-refractivity contribution in [1.29, 1.82) is 0 Å². The smallest absolute Gasteiger partial charge is 0.0134 e. The van der Waals surface area contributed by atoms with Crippen molar-refractivity contribution in [2.45, 2.75) is 111 Å². The number of hydrogen-bond acceptors (Lipinski definition) is 0. The molecule has 0 radical (unpaired) electrons. The van der Waals surface area contributed by atoms with Gasteiger partial charge in [0.2, 0.25) is 0 Å². The Morgan fingerprint density at radius 2 is 1.64 bits per heavy atom. The lowest BCUT2D eigenvalue weighted by molar-refractivity contribution is -0.141. The van der Waals surface area contributed by atoms with Crippen molar-refractivity contribution in [2.75, 3.05) is 0 Å². The number of hydrogen-bond donors (Lipinski definition) is 0. The Balaban J connectivity index is 1.29. The van der Waals surface area contributed by atoms with Crippen LogP contribution in [-0.2, 0) is 0 Å². The second-order valence-corrected chi connectivity index (χ2v) is 13.1. The average molecular weight is 383 g/mol. The van der Waals surface area contributed by atoms with Crippen molar-refractivity contribution in [2.24, 2.45) is 63.6 Å². The molecule has 1 spiro atoms. The van der Waals surface area contributed by atoms with Crippen LogP contribution < -0.4 is 0 Å². The molecule has 28 heavy (non-hydrogen) atoms. The molecule has 0 N–H and O–H groups in total. The van der Waals surface area contributed by atoms with Crippen LogP contribution in [0.1, 0.15) is 111 Å². The fourth-order valence-electron chi connectivity index (χ4n) is 11.1. The van der Waals surface area contributed by atoms with E-state index in [2.05, 4.69) is 27.7 Å². The zero-order chi connectivity index (χ0) is 19.3. The summed E-state index contributed by atoms with van der Waals surface area (Å²) in [5.74, 6) is 8.96. The Morgan fingerprint density at radius 1 is 0.893 bits per heavy atom. The maximum atomic E-state index is 2.81. The van der Waals surface area contributed by atoms with Crippen LogP contribution in [0.3, 0.4) is 0 Å². The monoisotopic (exact) mass is 382 g/mol. The summed E-state index contributed by atoms with van der Waals surface area (Å²) < 4.78 is 0. The third-order valence-electron chi connectivity index (χ3n) is 12.1. The Hall–Kier alpha value is 0. The SMILES string of the molecule is CCCCCCCC1CCCCC(C)C2C3(CC3C)C3C1C23C1(C)CC2CC21. The molecule has 6 aliphatic carbocycles. The molecular formula is C28H46. The highest BCUT2D eigenvalue weighted by Gasteiger charge is 2.97. The van der Waals surface area contributed by atoms with Gasteiger partial charge in [-0.15, -0.1) is 0 Å². The van der Waals surface area contributed by atoms with E-state index in [9.17, 15) is 0 Å². The van der Waals surface area contributed by atoms with E-state index in [-0.39, 0.29) is 0 Å². The van der Waals surface area contributed by atoms with Crippen LogP contribution in [0.4, 0.5) is 0 Å². The van der Waals surface area contributed by atoms with Gasteiger partial charge in [-0.1, -0.05) is 91.9 Å². The number of unbranched alkanes of at least 4 members (excludes halogenated alkanes) is 4. The molecule has 0 bridgehead atoms. The summed E-state index contributed by atoms with van der Waals surface area (Å²) in [6.07, 6.45) is 20.0. The third kappa shape index (κ3) is 2.05. The van der Waals surface area contributed by atoms with Crippen LogP contribution >= 0.6 is 0 Å². The van der Waals surface area contributed by atoms with Crippen molar-refractivity contribution in [3.8, 4) is 0 Å². The molecule has 0 aromatic rings. The van der Waals surface area contributed by atoms with E-state index in [1.807, 2.05) is 0 Å². The van der Waals surface area contributed by atoms with Crippen molar-refractivity contribution in [1.82, 2.24) is 0 Å². The quantitative estimate of drug-likeness (QED) is 0.390. The summed E-state index contributed by atoms with van der Waals surface area (Å²) in [6.45, 7) is 10.5. The van der Waals surface area contributed by atoms with Gasteiger partial charge in [0.25, 0.3) is 0 Å². The van der Waals surface area contributed by atoms with Gasteiger partial charge in [0.1, 0.15) is 0 Å². The van der Waals surface area contributed by atoms with Crippen LogP contribution in [-0.4, -0.2) is 0 Å². The molecule has 0 saturated heterocycles. The molecule has 0 aliphatic heterocycles. The normalized spacial score (nSPS) is 60.4. The molecule has 6 fully saturated rings. The van der Waals surface area contributed by atoms with E-state index >= 15 is 0 Å². The Labute approximate surface area is 175 Å². The van der Waals surface area contributed by atoms with E-state index in [1.165, 1.54) is 50.4 Å². The summed E-state index contributed by atoms with van der Waals surface area (Å²) in [6, 6.07) is 0. The summed E-state index contributed by atoms with van der Waals surface area (Å²) in [7, 11) is 0. The molecule has 0 aromatic heterocycles. The highest BCUT2D eigenvalue weighted by atomic mass is 15.0. The largest absolute Gasteiger partial charge is 0.0654 e. The minimum atomic E-state index is 0.768. The van der Waals surface area contributed by atoms with Gasteiger partial charge in [0.05, 0.1) is 0 Å². The van der Waals surface area contributed by atoms with Crippen LogP contribution in [0.2, 0.25) is 0 Å². The summed E-state index contributed by atoms with van der Waals surface area (Å²) >= 11 is 0. The zero-order valence-electron chi connectivity index (χ0n) is 19.3. The fraction of sp³-hybridized carbons (Fsp3) is 1.00. The van der Waals surface area contributed by atoms with Crippen molar-refractivity contribution < 1.29 is 0 Å². The van der Waals surface area contributed by atoms with Crippen molar-refractivity contribution in [3.63, 3.8) is 0 Å². The van der Waals surface area contributed by atoms with E-state index in [1.54, 1.807) is 44.9 Å². The Bertz CT molecular complexity index is 636. The lowest BCUT2D eigenvalue weighted by Crippen LogP contribution is -2.57. The van der Waals surface area contributed by atoms with Crippen LogP contribution in [0.5, 0.6) is 0 Å². The molecule has 158 valence electrons. The van der Waals surface area contributed by atoms with E-state index < -0.39 is 0 Å². The van der Waals surface area contributed by atoms with E-state index in [4.69, 9.17) is 0 Å². The second-order valence-electron chi connectivity index (χ2n) is 13.1. The highest BCUT2D eigenvalue weighted by Crippen LogP contribution is 3.01. The van der Waals surface area contributed by atoms with Crippen molar-refractivity contribution >= 4 is 0 Å². The molecular weight excluding hydrogens is 336 g/mol. The predicted octanol–water partition coefficient (Wildman–Crippen LogP) is 8.11. The van der Waals surface area contributed by atoms with Gasteiger partial charge in [0.15, 0.2) is 0 Å². The first kappa shape index (κ1) is 18.7. The minimum absolute atomic E-state index is 0.768. The summed E-state index contributed by atoms with van der Waals surface area (Å²) in [4.78, 5) is 0. The van der Waals surface area contributed by atoms with Gasteiger partial charge in [-0.25, -0.2) is 0 Å². The van der Waals surface area contributed by atoms with Crippen LogP contribution in [0.15, 0.2) is 0 Å². The van der Waals surface area contributed by atoms with Crippen LogP contribution in [0.25, 0.3) is 0 Å². The predicted molar refractivity (Wildman–Crippen MR) is 118 cm³/mol. The average Bonchev–Trinajstić information content (AvgIpc) is 3.58. The highest BCUT2D eigenvalue weighted by molar-refractivity contribution is 5.44. The molecule has 6 saturated carbocycles. The third-order valence-corrected chi connectivity index (χ3v) is 12.1. The minimum Gasteiger partial charge on any atom is -0.0654 e. The molecule has 6 aliphatic rings. The standard InChI is InChI=1S/C28H46/c1-5-6-7-8-9-13-20-14-11-10-12-18(2)24-27(16-19(27)3)25-23(20)28(24,25)26(4)17-21-15-22(21)26/h18-25H,5-17H2,1-4H3. The molecule has 11 unspecified atom stereocenters.